The van der Waals surface area contributed by atoms with E-state index < -0.39 is 23.6 Å². The van der Waals surface area contributed by atoms with E-state index in [2.05, 4.69) is 10.6 Å². The topological polar surface area (TPSA) is 67.4 Å². The van der Waals surface area contributed by atoms with Crippen molar-refractivity contribution < 1.29 is 27.5 Å². The molecular weight excluding hydrogens is 349 g/mol. The lowest BCUT2D eigenvalue weighted by Crippen LogP contribution is -2.24. The third-order valence-corrected chi connectivity index (χ3v) is 3.37. The molecule has 0 saturated carbocycles. The molecule has 0 atom stereocenters. The maximum atomic E-state index is 12.9. The number of carbonyl (C=O) groups excluding carboxylic acids is 2. The van der Waals surface area contributed by atoms with Crippen LogP contribution in [0.25, 0.3) is 0 Å². The van der Waals surface area contributed by atoms with Crippen molar-refractivity contribution in [2.45, 2.75) is 13.1 Å². The first-order valence-corrected chi connectivity index (χ1v) is 7.79. The van der Waals surface area contributed by atoms with Crippen molar-refractivity contribution in [3.05, 3.63) is 59.7 Å². The first kappa shape index (κ1) is 19.3. The number of nitrogens with one attached hydrogen (secondary N) is 2. The highest BCUT2D eigenvalue weighted by molar-refractivity contribution is 5.98. The Morgan fingerprint density at radius 3 is 2.27 bits per heavy atom. The van der Waals surface area contributed by atoms with Gasteiger partial charge in [-0.3, -0.25) is 4.79 Å². The lowest BCUT2D eigenvalue weighted by atomic mass is 10.1. The maximum Gasteiger partial charge on any atom is 0.418 e. The minimum Gasteiger partial charge on any atom is -0.462 e. The maximum absolute atomic E-state index is 12.9. The Labute approximate surface area is 148 Å². The Kier molecular flexibility index (Phi) is 6.21. The third kappa shape index (κ3) is 4.98. The largest absolute Gasteiger partial charge is 0.462 e. The first-order valence-electron chi connectivity index (χ1n) is 7.79. The highest BCUT2D eigenvalue weighted by atomic mass is 19.4. The standard InChI is InChI=1S/C18H17F3N2O3/c1-2-26-17(25)12-7-3-5-9-14(12)22-11-16(24)23-15-10-6-4-8-13(15)18(19,20)21/h3-10,22H,2,11H2,1H3,(H,23,24). The summed E-state index contributed by atoms with van der Waals surface area (Å²) >= 11 is 0. The molecule has 0 saturated heterocycles. The molecule has 1 amide bonds. The molecule has 26 heavy (non-hydrogen) atoms. The monoisotopic (exact) mass is 366 g/mol. The van der Waals surface area contributed by atoms with Gasteiger partial charge in [-0.1, -0.05) is 24.3 Å². The molecule has 0 bridgehead atoms. The van der Waals surface area contributed by atoms with Crippen LogP contribution >= 0.6 is 0 Å². The van der Waals surface area contributed by atoms with E-state index in [-0.39, 0.29) is 24.4 Å². The quantitative estimate of drug-likeness (QED) is 0.760. The number of hydrogen-bond acceptors (Lipinski definition) is 4. The Morgan fingerprint density at radius 1 is 1.00 bits per heavy atom. The second-order valence-corrected chi connectivity index (χ2v) is 5.21. The zero-order valence-electron chi connectivity index (χ0n) is 13.9. The molecule has 0 radical (unpaired) electrons. The van der Waals surface area contributed by atoms with Crippen LogP contribution in [0.2, 0.25) is 0 Å². The van der Waals surface area contributed by atoms with Crippen molar-refractivity contribution in [3.63, 3.8) is 0 Å². The summed E-state index contributed by atoms with van der Waals surface area (Å²) in [6.45, 7) is 1.55. The molecule has 2 aromatic rings. The van der Waals surface area contributed by atoms with Crippen LogP contribution in [0.5, 0.6) is 0 Å². The van der Waals surface area contributed by atoms with Crippen LogP contribution in [-0.2, 0) is 15.7 Å². The summed E-state index contributed by atoms with van der Waals surface area (Å²) in [6.07, 6.45) is -4.58. The van der Waals surface area contributed by atoms with Gasteiger partial charge in [-0.15, -0.1) is 0 Å². The molecule has 0 heterocycles. The number of rotatable bonds is 6. The summed E-state index contributed by atoms with van der Waals surface area (Å²) in [4.78, 5) is 23.9. The first-order chi connectivity index (χ1) is 12.3. The summed E-state index contributed by atoms with van der Waals surface area (Å²) in [5.41, 5.74) is -0.672. The Balaban J connectivity index is 2.06. The van der Waals surface area contributed by atoms with Gasteiger partial charge in [0.15, 0.2) is 0 Å². The molecule has 5 nitrogen and oxygen atoms in total. The zero-order valence-corrected chi connectivity index (χ0v) is 13.9. The Hall–Kier alpha value is -3.03. The minimum atomic E-state index is -4.58. The van der Waals surface area contributed by atoms with Gasteiger partial charge in [0.25, 0.3) is 0 Å². The van der Waals surface area contributed by atoms with E-state index in [0.29, 0.717) is 5.69 Å². The van der Waals surface area contributed by atoms with Crippen LogP contribution in [0, 0.1) is 0 Å². The van der Waals surface area contributed by atoms with Gasteiger partial charge in [0.2, 0.25) is 5.91 Å². The predicted octanol–water partition coefficient (Wildman–Crippen LogP) is 3.93. The van der Waals surface area contributed by atoms with Crippen LogP contribution in [-0.4, -0.2) is 25.0 Å². The second kappa shape index (κ2) is 8.37. The fourth-order valence-corrected chi connectivity index (χ4v) is 2.23. The van der Waals surface area contributed by atoms with Gasteiger partial charge in [-0.25, -0.2) is 4.79 Å². The predicted molar refractivity (Wildman–Crippen MR) is 91.0 cm³/mol. The molecule has 138 valence electrons. The molecule has 0 fully saturated rings. The van der Waals surface area contributed by atoms with Gasteiger partial charge >= 0.3 is 12.1 Å². The summed E-state index contributed by atoms with van der Waals surface area (Å²) in [5, 5.41) is 4.96. The summed E-state index contributed by atoms with van der Waals surface area (Å²) < 4.78 is 43.8. The van der Waals surface area contributed by atoms with Gasteiger partial charge in [-0.05, 0) is 31.2 Å². The molecule has 0 aliphatic heterocycles. The van der Waals surface area contributed by atoms with Crippen molar-refractivity contribution in [1.29, 1.82) is 0 Å². The number of hydrogen-bond donors (Lipinski definition) is 2. The third-order valence-electron chi connectivity index (χ3n) is 3.37. The number of amides is 1. The summed E-state index contributed by atoms with van der Waals surface area (Å²) in [7, 11) is 0. The van der Waals surface area contributed by atoms with Crippen molar-refractivity contribution in [2.24, 2.45) is 0 Å². The van der Waals surface area contributed by atoms with Gasteiger partial charge in [-0.2, -0.15) is 13.2 Å². The zero-order chi connectivity index (χ0) is 19.2. The number of para-hydroxylation sites is 2. The molecule has 2 aromatic carbocycles. The van der Waals surface area contributed by atoms with Gasteiger partial charge < -0.3 is 15.4 Å². The van der Waals surface area contributed by atoms with E-state index in [1.165, 1.54) is 24.3 Å². The number of halogens is 3. The number of esters is 1. The lowest BCUT2D eigenvalue weighted by Gasteiger charge is -2.14. The number of benzene rings is 2. The molecule has 0 spiro atoms. The van der Waals surface area contributed by atoms with Crippen LogP contribution < -0.4 is 10.6 Å². The summed E-state index contributed by atoms with van der Waals surface area (Å²) in [6, 6.07) is 11.1. The average molecular weight is 366 g/mol. The van der Waals surface area contributed by atoms with E-state index in [1.807, 2.05) is 0 Å². The van der Waals surface area contributed by atoms with E-state index in [1.54, 1.807) is 25.1 Å². The van der Waals surface area contributed by atoms with Crippen LogP contribution in [0.4, 0.5) is 24.5 Å². The molecule has 2 rings (SSSR count). The van der Waals surface area contributed by atoms with Crippen LogP contribution in [0.3, 0.4) is 0 Å². The smallest absolute Gasteiger partial charge is 0.418 e. The van der Waals surface area contributed by atoms with E-state index >= 15 is 0 Å². The second-order valence-electron chi connectivity index (χ2n) is 5.21. The van der Waals surface area contributed by atoms with Crippen molar-refractivity contribution in [2.75, 3.05) is 23.8 Å². The number of anilines is 2. The number of carbonyl (C=O) groups is 2. The van der Waals surface area contributed by atoms with Crippen molar-refractivity contribution in [1.82, 2.24) is 0 Å². The molecule has 8 heteroatoms. The van der Waals surface area contributed by atoms with E-state index in [0.717, 1.165) is 6.07 Å². The van der Waals surface area contributed by atoms with Gasteiger partial charge in [0.1, 0.15) is 0 Å². The van der Waals surface area contributed by atoms with E-state index in [4.69, 9.17) is 4.74 Å². The molecular formula is C18H17F3N2O3. The summed E-state index contributed by atoms with van der Waals surface area (Å²) in [5.74, 6) is -1.24. The molecule has 0 unspecified atom stereocenters. The van der Waals surface area contributed by atoms with Gasteiger partial charge in [0.05, 0.1) is 30.0 Å². The Morgan fingerprint density at radius 2 is 1.62 bits per heavy atom. The SMILES string of the molecule is CCOC(=O)c1ccccc1NCC(=O)Nc1ccccc1C(F)(F)F. The van der Waals surface area contributed by atoms with Gasteiger partial charge in [0, 0.05) is 5.69 Å². The molecule has 0 aromatic heterocycles. The lowest BCUT2D eigenvalue weighted by molar-refractivity contribution is -0.137. The minimum absolute atomic E-state index is 0.196. The van der Waals surface area contributed by atoms with Crippen molar-refractivity contribution in [3.8, 4) is 0 Å². The molecule has 0 aliphatic rings. The average Bonchev–Trinajstić information content (AvgIpc) is 2.60. The van der Waals surface area contributed by atoms with Crippen LogP contribution in [0.1, 0.15) is 22.8 Å². The Bertz CT molecular complexity index is 791. The number of alkyl halides is 3. The molecule has 2 N–H and O–H groups in total. The highest BCUT2D eigenvalue weighted by Crippen LogP contribution is 2.34. The fourth-order valence-electron chi connectivity index (χ4n) is 2.23. The number of ether oxygens (including phenoxy) is 1. The highest BCUT2D eigenvalue weighted by Gasteiger charge is 2.33. The normalized spacial score (nSPS) is 10.9. The fraction of sp³-hybridized carbons (Fsp3) is 0.222. The van der Waals surface area contributed by atoms with Crippen LogP contribution in [0.15, 0.2) is 48.5 Å². The molecule has 0 aliphatic carbocycles. The van der Waals surface area contributed by atoms with E-state index in [9.17, 15) is 22.8 Å². The van der Waals surface area contributed by atoms with Crippen molar-refractivity contribution >= 4 is 23.3 Å².